The first-order valence-corrected chi connectivity index (χ1v) is 10.6. The van der Waals surface area contributed by atoms with E-state index >= 15 is 0 Å². The van der Waals surface area contributed by atoms with Gasteiger partial charge < -0.3 is 10.6 Å². The van der Waals surface area contributed by atoms with E-state index in [0.717, 1.165) is 41.3 Å². The van der Waals surface area contributed by atoms with E-state index in [1.807, 2.05) is 54.6 Å². The van der Waals surface area contributed by atoms with E-state index in [2.05, 4.69) is 27.4 Å². The van der Waals surface area contributed by atoms with Gasteiger partial charge in [-0.15, -0.1) is 0 Å². The number of carbonyl (C=O) groups is 1. The van der Waals surface area contributed by atoms with E-state index in [1.54, 1.807) is 0 Å². The molecule has 0 unspecified atom stereocenters. The van der Waals surface area contributed by atoms with Gasteiger partial charge in [0.2, 0.25) is 11.9 Å². The monoisotopic (exact) mass is 409 g/mol. The molecule has 31 heavy (non-hydrogen) atoms. The van der Waals surface area contributed by atoms with Crippen LogP contribution in [-0.2, 0) is 11.2 Å². The van der Waals surface area contributed by atoms with Crippen LogP contribution in [0.4, 0.5) is 17.3 Å². The number of nitrogens with one attached hydrogen (secondary N) is 2. The SMILES string of the molecule is O=C1Cc2c(C#CCN3CCCC3)nc(Nc3ccccc3)nc2-c2ccccc2N1. The minimum absolute atomic E-state index is 0.0823. The molecule has 0 atom stereocenters. The van der Waals surface area contributed by atoms with Crippen LogP contribution in [0.1, 0.15) is 24.1 Å². The Morgan fingerprint density at radius 3 is 2.61 bits per heavy atom. The maximum Gasteiger partial charge on any atom is 0.229 e. The van der Waals surface area contributed by atoms with Gasteiger partial charge in [-0.3, -0.25) is 9.69 Å². The van der Waals surface area contributed by atoms with Crippen molar-refractivity contribution in [3.8, 4) is 23.1 Å². The highest BCUT2D eigenvalue weighted by Crippen LogP contribution is 2.34. The number of amides is 1. The highest BCUT2D eigenvalue weighted by molar-refractivity contribution is 6.00. The lowest BCUT2D eigenvalue weighted by Crippen LogP contribution is -2.19. The van der Waals surface area contributed by atoms with E-state index in [9.17, 15) is 4.79 Å². The fourth-order valence-electron chi connectivity index (χ4n) is 4.01. The second kappa shape index (κ2) is 8.58. The summed E-state index contributed by atoms with van der Waals surface area (Å²) in [7, 11) is 0. The predicted molar refractivity (Wildman–Crippen MR) is 122 cm³/mol. The normalized spacial score (nSPS) is 15.2. The van der Waals surface area contributed by atoms with Crippen LogP contribution < -0.4 is 10.6 Å². The largest absolute Gasteiger partial charge is 0.325 e. The summed E-state index contributed by atoms with van der Waals surface area (Å²) >= 11 is 0. The zero-order valence-electron chi connectivity index (χ0n) is 17.2. The van der Waals surface area contributed by atoms with Gasteiger partial charge in [0.05, 0.1) is 24.3 Å². The van der Waals surface area contributed by atoms with E-state index in [-0.39, 0.29) is 12.3 Å². The molecule has 2 N–H and O–H groups in total. The Morgan fingerprint density at radius 2 is 1.77 bits per heavy atom. The average molecular weight is 409 g/mol. The molecule has 0 bridgehead atoms. The molecule has 6 nitrogen and oxygen atoms in total. The molecule has 2 aliphatic heterocycles. The van der Waals surface area contributed by atoms with Crippen molar-refractivity contribution in [1.29, 1.82) is 0 Å². The molecule has 3 heterocycles. The molecule has 2 aromatic carbocycles. The van der Waals surface area contributed by atoms with Crippen molar-refractivity contribution in [3.05, 3.63) is 65.9 Å². The predicted octanol–water partition coefficient (Wildman–Crippen LogP) is 3.83. The van der Waals surface area contributed by atoms with Crippen molar-refractivity contribution in [3.63, 3.8) is 0 Å². The Kier molecular flexibility index (Phi) is 5.34. The Bertz CT molecular complexity index is 1170. The number of hydrogen-bond donors (Lipinski definition) is 2. The minimum atomic E-state index is -0.0823. The molecule has 0 saturated carbocycles. The molecular formula is C25H23N5O. The number of nitrogens with zero attached hydrogens (tertiary/aromatic N) is 3. The standard InChI is InChI=1S/C25H23N5O/c31-23-17-20-22(13-8-16-30-14-6-7-15-30)28-25(26-18-9-2-1-3-10-18)29-24(20)19-11-4-5-12-21(19)27-23/h1-5,9-12H,6-7,14-17H2,(H,27,31)(H,26,28,29). The molecular weight excluding hydrogens is 386 g/mol. The number of para-hydroxylation sites is 2. The first-order valence-electron chi connectivity index (χ1n) is 10.6. The molecule has 0 spiro atoms. The second-order valence-electron chi connectivity index (χ2n) is 7.77. The Labute approximate surface area is 181 Å². The zero-order chi connectivity index (χ0) is 21.0. The van der Waals surface area contributed by atoms with Gasteiger partial charge in [-0.2, -0.15) is 0 Å². The van der Waals surface area contributed by atoms with Crippen molar-refractivity contribution in [1.82, 2.24) is 14.9 Å². The summed E-state index contributed by atoms with van der Waals surface area (Å²) in [6.45, 7) is 2.89. The van der Waals surface area contributed by atoms with Crippen LogP contribution in [0.5, 0.6) is 0 Å². The van der Waals surface area contributed by atoms with Gasteiger partial charge in [0, 0.05) is 16.8 Å². The summed E-state index contributed by atoms with van der Waals surface area (Å²) in [5, 5.41) is 6.27. The van der Waals surface area contributed by atoms with Crippen LogP contribution in [0.15, 0.2) is 54.6 Å². The smallest absolute Gasteiger partial charge is 0.229 e. The Morgan fingerprint density at radius 1 is 1.00 bits per heavy atom. The highest BCUT2D eigenvalue weighted by Gasteiger charge is 2.24. The minimum Gasteiger partial charge on any atom is -0.325 e. The maximum absolute atomic E-state index is 12.6. The van der Waals surface area contributed by atoms with Gasteiger partial charge >= 0.3 is 0 Å². The lowest BCUT2D eigenvalue weighted by atomic mass is 10.0. The van der Waals surface area contributed by atoms with Gasteiger partial charge in [-0.1, -0.05) is 42.3 Å². The van der Waals surface area contributed by atoms with Crippen molar-refractivity contribution in [2.45, 2.75) is 19.3 Å². The summed E-state index contributed by atoms with van der Waals surface area (Å²) in [6, 6.07) is 17.5. The summed E-state index contributed by atoms with van der Waals surface area (Å²) in [5.41, 5.74) is 4.66. The molecule has 0 radical (unpaired) electrons. The molecule has 0 aliphatic carbocycles. The lowest BCUT2D eigenvalue weighted by molar-refractivity contribution is -0.115. The Hall–Kier alpha value is -3.69. The van der Waals surface area contributed by atoms with Gasteiger partial charge in [0.15, 0.2) is 0 Å². The van der Waals surface area contributed by atoms with Crippen molar-refractivity contribution >= 4 is 23.2 Å². The molecule has 2 aliphatic rings. The first kappa shape index (κ1) is 19.3. The molecule has 6 heteroatoms. The molecule has 5 rings (SSSR count). The number of benzene rings is 2. The lowest BCUT2D eigenvalue weighted by Gasteiger charge is -2.12. The third kappa shape index (κ3) is 4.27. The maximum atomic E-state index is 12.6. The van der Waals surface area contributed by atoms with E-state index in [0.29, 0.717) is 18.2 Å². The number of fused-ring (bicyclic) bond motifs is 3. The van der Waals surface area contributed by atoms with Crippen LogP contribution >= 0.6 is 0 Å². The summed E-state index contributed by atoms with van der Waals surface area (Å²) < 4.78 is 0. The number of carbonyl (C=O) groups excluding carboxylic acids is 1. The summed E-state index contributed by atoms with van der Waals surface area (Å²) in [4.78, 5) is 24.4. The third-order valence-electron chi connectivity index (χ3n) is 5.54. The summed E-state index contributed by atoms with van der Waals surface area (Å²) in [5.74, 6) is 6.90. The first-order chi connectivity index (χ1) is 15.3. The quantitative estimate of drug-likeness (QED) is 0.644. The highest BCUT2D eigenvalue weighted by atomic mass is 16.1. The van der Waals surface area contributed by atoms with Crippen LogP contribution in [-0.4, -0.2) is 40.4 Å². The van der Waals surface area contributed by atoms with Crippen LogP contribution in [0.25, 0.3) is 11.3 Å². The van der Waals surface area contributed by atoms with Gasteiger partial charge in [-0.25, -0.2) is 9.97 Å². The zero-order valence-corrected chi connectivity index (χ0v) is 17.2. The van der Waals surface area contributed by atoms with Crippen LogP contribution in [0.3, 0.4) is 0 Å². The van der Waals surface area contributed by atoms with Crippen molar-refractivity contribution in [2.24, 2.45) is 0 Å². The van der Waals surface area contributed by atoms with Gasteiger partial charge in [0.25, 0.3) is 0 Å². The second-order valence-corrected chi connectivity index (χ2v) is 7.77. The fourth-order valence-corrected chi connectivity index (χ4v) is 4.01. The molecule has 154 valence electrons. The fraction of sp³-hybridized carbons (Fsp3) is 0.240. The van der Waals surface area contributed by atoms with E-state index < -0.39 is 0 Å². The average Bonchev–Trinajstić information content (AvgIpc) is 3.25. The number of anilines is 3. The van der Waals surface area contributed by atoms with Gasteiger partial charge in [0.1, 0.15) is 5.69 Å². The molecule has 1 fully saturated rings. The number of aromatic nitrogens is 2. The number of likely N-dealkylation sites (tertiary alicyclic amines) is 1. The molecule has 1 saturated heterocycles. The van der Waals surface area contributed by atoms with Crippen LogP contribution in [0, 0.1) is 11.8 Å². The molecule has 1 amide bonds. The van der Waals surface area contributed by atoms with Crippen molar-refractivity contribution in [2.75, 3.05) is 30.3 Å². The van der Waals surface area contributed by atoms with Crippen LogP contribution in [0.2, 0.25) is 0 Å². The van der Waals surface area contributed by atoms with Gasteiger partial charge in [-0.05, 0) is 50.1 Å². The number of hydrogen-bond acceptors (Lipinski definition) is 5. The third-order valence-corrected chi connectivity index (χ3v) is 5.54. The van der Waals surface area contributed by atoms with E-state index in [1.165, 1.54) is 12.8 Å². The number of rotatable bonds is 3. The molecule has 1 aromatic heterocycles. The van der Waals surface area contributed by atoms with Crippen molar-refractivity contribution < 1.29 is 4.79 Å². The molecule has 3 aromatic rings. The van der Waals surface area contributed by atoms with E-state index in [4.69, 9.17) is 9.97 Å². The Balaban J connectivity index is 1.60. The summed E-state index contributed by atoms with van der Waals surface area (Å²) in [6.07, 6.45) is 2.66. The topological polar surface area (TPSA) is 70.2 Å².